The number of hydrogen-bond donors (Lipinski definition) is 0. The van der Waals surface area contributed by atoms with Gasteiger partial charge in [0.05, 0.1) is 17.4 Å². The Bertz CT molecular complexity index is 907. The van der Waals surface area contributed by atoms with Crippen LogP contribution >= 0.6 is 11.3 Å². The van der Waals surface area contributed by atoms with Crippen molar-refractivity contribution in [2.45, 2.75) is 52.0 Å². The van der Waals surface area contributed by atoms with E-state index >= 15 is 0 Å². The van der Waals surface area contributed by atoms with E-state index in [1.165, 1.54) is 37.0 Å². The lowest BCUT2D eigenvalue weighted by Gasteiger charge is -2.53. The van der Waals surface area contributed by atoms with Gasteiger partial charge in [0.1, 0.15) is 0 Å². The van der Waals surface area contributed by atoms with Crippen molar-refractivity contribution in [1.29, 1.82) is 0 Å². The number of carbonyl (C=O) groups excluding carboxylic acids is 2. The summed E-state index contributed by atoms with van der Waals surface area (Å²) in [7, 11) is 0. The molecule has 30 heavy (non-hydrogen) atoms. The third-order valence-corrected chi connectivity index (χ3v) is 8.78. The molecule has 158 valence electrons. The molecule has 4 nitrogen and oxygen atoms in total. The first-order valence-corrected chi connectivity index (χ1v) is 12.2. The van der Waals surface area contributed by atoms with E-state index < -0.39 is 0 Å². The van der Waals surface area contributed by atoms with Crippen molar-refractivity contribution >= 4 is 23.1 Å². The highest BCUT2D eigenvalue weighted by atomic mass is 32.1. The molecule has 4 fully saturated rings. The third-order valence-electron chi connectivity index (χ3n) is 7.64. The molecule has 0 saturated heterocycles. The van der Waals surface area contributed by atoms with Crippen LogP contribution in [0.5, 0.6) is 0 Å². The number of carbonyl (C=O) groups is 2. The van der Waals surface area contributed by atoms with E-state index in [-0.39, 0.29) is 17.7 Å². The van der Waals surface area contributed by atoms with E-state index in [1.54, 1.807) is 11.3 Å². The maximum Gasteiger partial charge on any atom is 0.309 e. The minimum Gasteiger partial charge on any atom is -0.465 e. The Balaban J connectivity index is 1.15. The Kier molecular flexibility index (Phi) is 5.48. The molecule has 2 aromatic rings. The lowest BCUT2D eigenvalue weighted by atomic mass is 9.52. The molecule has 0 N–H and O–H groups in total. The first kappa shape index (κ1) is 19.9. The summed E-state index contributed by atoms with van der Waals surface area (Å²) < 4.78 is 7.79. The molecule has 0 amide bonds. The molecule has 1 aromatic carbocycles. The predicted molar refractivity (Wildman–Crippen MR) is 115 cm³/mol. The molecule has 0 unspecified atom stereocenters. The highest BCUT2D eigenvalue weighted by Gasteiger charge is 2.51. The van der Waals surface area contributed by atoms with Gasteiger partial charge in [0.15, 0.2) is 5.69 Å². The van der Waals surface area contributed by atoms with Crippen molar-refractivity contribution in [1.82, 2.24) is 0 Å². The minimum atomic E-state index is 0.0464. The number of ether oxygens (including phenoxy) is 1. The molecule has 6 rings (SSSR count). The highest BCUT2D eigenvalue weighted by Crippen LogP contribution is 2.56. The van der Waals surface area contributed by atoms with Crippen molar-refractivity contribution in [3.05, 3.63) is 52.0 Å². The molecule has 5 heteroatoms. The topological polar surface area (TPSA) is 47.2 Å². The van der Waals surface area contributed by atoms with E-state index in [9.17, 15) is 9.59 Å². The summed E-state index contributed by atoms with van der Waals surface area (Å²) in [5.74, 6) is 3.20. The van der Waals surface area contributed by atoms with Gasteiger partial charge in [0.2, 0.25) is 17.8 Å². The first-order chi connectivity index (χ1) is 14.6. The average molecular weight is 425 g/mol. The smallest absolute Gasteiger partial charge is 0.309 e. The fourth-order valence-corrected chi connectivity index (χ4v) is 7.34. The van der Waals surface area contributed by atoms with Crippen LogP contribution in [0.1, 0.15) is 53.0 Å². The molecule has 4 bridgehead atoms. The van der Waals surface area contributed by atoms with Gasteiger partial charge >= 0.3 is 5.97 Å². The molecule has 0 radical (unpaired) electrons. The van der Waals surface area contributed by atoms with Crippen LogP contribution in [-0.4, -0.2) is 18.4 Å². The van der Waals surface area contributed by atoms with Crippen molar-refractivity contribution in [3.63, 3.8) is 0 Å². The summed E-state index contributed by atoms with van der Waals surface area (Å²) in [5, 5.41) is 0. The number of benzene rings is 1. The number of esters is 1. The SMILES string of the molecule is Cc1c(CCOC(=O)C2C3CC4CC(C3)CC2C4)sc[n+]1CC(=O)c1ccccc1. The zero-order chi connectivity index (χ0) is 20.7. The van der Waals surface area contributed by atoms with Gasteiger partial charge in [0.25, 0.3) is 0 Å². The van der Waals surface area contributed by atoms with Crippen LogP contribution in [0.3, 0.4) is 0 Å². The van der Waals surface area contributed by atoms with Crippen LogP contribution in [0.2, 0.25) is 0 Å². The van der Waals surface area contributed by atoms with Crippen molar-refractivity contribution < 1.29 is 18.9 Å². The van der Waals surface area contributed by atoms with Gasteiger partial charge in [-0.3, -0.25) is 9.59 Å². The van der Waals surface area contributed by atoms with Gasteiger partial charge in [-0.25, -0.2) is 0 Å². The molecular formula is C25H30NO3S+. The van der Waals surface area contributed by atoms with Crippen molar-refractivity contribution in [2.75, 3.05) is 6.61 Å². The van der Waals surface area contributed by atoms with Crippen LogP contribution in [-0.2, 0) is 22.5 Å². The Morgan fingerprint density at radius 2 is 1.70 bits per heavy atom. The maximum atomic E-state index is 12.8. The average Bonchev–Trinajstić information content (AvgIpc) is 3.07. The normalized spacial score (nSPS) is 29.2. The highest BCUT2D eigenvalue weighted by molar-refractivity contribution is 7.09. The largest absolute Gasteiger partial charge is 0.465 e. The molecule has 0 spiro atoms. The Labute approximate surface area is 182 Å². The van der Waals surface area contributed by atoms with Crippen LogP contribution in [0.4, 0.5) is 0 Å². The molecule has 0 aliphatic heterocycles. The summed E-state index contributed by atoms with van der Waals surface area (Å²) >= 11 is 1.64. The molecule has 4 aliphatic carbocycles. The van der Waals surface area contributed by atoms with Gasteiger partial charge in [-0.1, -0.05) is 41.7 Å². The van der Waals surface area contributed by atoms with Crippen molar-refractivity contribution in [2.24, 2.45) is 29.6 Å². The Hall–Kier alpha value is -2.01. The van der Waals surface area contributed by atoms with Gasteiger partial charge < -0.3 is 4.74 Å². The van der Waals surface area contributed by atoms with Gasteiger partial charge in [-0.2, -0.15) is 4.57 Å². The molecule has 4 saturated carbocycles. The fourth-order valence-electron chi connectivity index (χ4n) is 6.37. The minimum absolute atomic E-state index is 0.0464. The van der Waals surface area contributed by atoms with Crippen LogP contribution in [0, 0.1) is 36.5 Å². The molecule has 0 atom stereocenters. The zero-order valence-electron chi connectivity index (χ0n) is 17.6. The number of hydrogen-bond acceptors (Lipinski definition) is 4. The third kappa shape index (κ3) is 3.84. The quantitative estimate of drug-likeness (QED) is 0.376. The monoisotopic (exact) mass is 424 g/mol. The second-order valence-electron chi connectivity index (χ2n) is 9.52. The van der Waals surface area contributed by atoms with Gasteiger partial charge in [-0.15, -0.1) is 0 Å². The first-order valence-electron chi connectivity index (χ1n) is 11.3. The molecule has 1 aromatic heterocycles. The molecule has 1 heterocycles. The Morgan fingerprint density at radius 1 is 1.03 bits per heavy atom. The van der Waals surface area contributed by atoms with Crippen molar-refractivity contribution in [3.8, 4) is 0 Å². The fraction of sp³-hybridized carbons (Fsp3) is 0.560. The summed E-state index contributed by atoms with van der Waals surface area (Å²) in [6.45, 7) is 2.83. The predicted octanol–water partition coefficient (Wildman–Crippen LogP) is 4.38. The lowest BCUT2D eigenvalue weighted by molar-refractivity contribution is -0.684. The summed E-state index contributed by atoms with van der Waals surface area (Å²) in [6.07, 6.45) is 7.10. The van der Waals surface area contributed by atoms with Gasteiger partial charge in [0, 0.05) is 18.9 Å². The van der Waals surface area contributed by atoms with Crippen LogP contribution in [0.25, 0.3) is 0 Å². The van der Waals surface area contributed by atoms with Crippen LogP contribution < -0.4 is 4.57 Å². The second kappa shape index (κ2) is 8.26. The van der Waals surface area contributed by atoms with E-state index in [1.807, 2.05) is 47.3 Å². The second-order valence-corrected chi connectivity index (χ2v) is 10.5. The standard InChI is InChI=1S/C25H30NO3S/c1-16-23(30-15-26(16)14-22(27)19-5-3-2-4-6-19)7-8-29-25(28)24-20-10-17-9-18(12-20)13-21(24)11-17/h2-6,15,17-18,20-21,24H,7-14H2,1H3/q+1. The van der Waals surface area contributed by atoms with E-state index in [2.05, 4.69) is 0 Å². The number of rotatable bonds is 7. The maximum absolute atomic E-state index is 12.8. The van der Waals surface area contributed by atoms with Gasteiger partial charge in [-0.05, 0) is 55.8 Å². The summed E-state index contributed by atoms with van der Waals surface area (Å²) in [5.41, 5.74) is 3.84. The number of Topliss-reactive ketones (excluding diaryl/α,β-unsaturated/α-hetero) is 1. The summed E-state index contributed by atoms with van der Waals surface area (Å²) in [4.78, 5) is 26.5. The summed E-state index contributed by atoms with van der Waals surface area (Å²) in [6, 6.07) is 9.41. The number of aromatic nitrogens is 1. The lowest BCUT2D eigenvalue weighted by Crippen LogP contribution is -2.48. The van der Waals surface area contributed by atoms with Crippen LogP contribution in [0.15, 0.2) is 35.8 Å². The van der Waals surface area contributed by atoms with E-state index in [0.29, 0.717) is 25.0 Å². The zero-order valence-corrected chi connectivity index (χ0v) is 18.4. The van der Waals surface area contributed by atoms with E-state index in [4.69, 9.17) is 4.74 Å². The number of nitrogens with zero attached hydrogens (tertiary/aromatic N) is 1. The number of thiazole rings is 1. The number of ketones is 1. The molecular weight excluding hydrogens is 394 g/mol. The van der Waals surface area contributed by atoms with E-state index in [0.717, 1.165) is 29.5 Å². The Morgan fingerprint density at radius 3 is 2.37 bits per heavy atom. The molecule has 4 aliphatic rings.